The number of nitrogens with two attached hydrogens (primary N) is 1. The lowest BCUT2D eigenvalue weighted by Gasteiger charge is -2.19. The fourth-order valence-electron chi connectivity index (χ4n) is 1.96. The molecule has 1 atom stereocenters. The van der Waals surface area contributed by atoms with Gasteiger partial charge in [0.25, 0.3) is 0 Å². The lowest BCUT2D eigenvalue weighted by Crippen LogP contribution is -2.20. The van der Waals surface area contributed by atoms with Crippen LogP contribution in [0.15, 0.2) is 40.9 Å². The monoisotopic (exact) mass is 356 g/mol. The quantitative estimate of drug-likeness (QED) is 0.855. The summed E-state index contributed by atoms with van der Waals surface area (Å²) < 4.78 is 32.2. The van der Waals surface area contributed by atoms with Crippen molar-refractivity contribution < 1.29 is 13.5 Å². The highest BCUT2D eigenvalue weighted by molar-refractivity contribution is 9.10. The van der Waals surface area contributed by atoms with Gasteiger partial charge in [-0.1, -0.05) is 6.07 Å². The smallest absolute Gasteiger partial charge is 0.165 e. The van der Waals surface area contributed by atoms with Crippen molar-refractivity contribution in [2.75, 3.05) is 19.0 Å². The molecule has 3 nitrogen and oxygen atoms in total. The van der Waals surface area contributed by atoms with Crippen LogP contribution in [0.4, 0.5) is 14.5 Å². The summed E-state index contributed by atoms with van der Waals surface area (Å²) in [5, 5.41) is 3.15. The first-order valence-electron chi connectivity index (χ1n) is 6.30. The summed E-state index contributed by atoms with van der Waals surface area (Å²) in [5.74, 6) is -0.616. The average molecular weight is 357 g/mol. The molecule has 0 aliphatic carbocycles. The van der Waals surface area contributed by atoms with E-state index in [0.717, 1.165) is 0 Å². The van der Waals surface area contributed by atoms with E-state index in [1.165, 1.54) is 19.2 Å². The van der Waals surface area contributed by atoms with E-state index in [9.17, 15) is 8.78 Å². The third kappa shape index (κ3) is 3.71. The van der Waals surface area contributed by atoms with E-state index >= 15 is 0 Å². The van der Waals surface area contributed by atoms with E-state index in [1.807, 2.05) is 0 Å². The van der Waals surface area contributed by atoms with Crippen LogP contribution < -0.4 is 15.8 Å². The first-order valence-corrected chi connectivity index (χ1v) is 7.09. The van der Waals surface area contributed by atoms with E-state index in [0.29, 0.717) is 15.7 Å². The predicted molar refractivity (Wildman–Crippen MR) is 82.5 cm³/mol. The molecule has 112 valence electrons. The number of nitrogens with one attached hydrogen (secondary N) is 1. The zero-order valence-electron chi connectivity index (χ0n) is 11.4. The second-order valence-electron chi connectivity index (χ2n) is 4.46. The van der Waals surface area contributed by atoms with E-state index in [1.54, 1.807) is 24.3 Å². The van der Waals surface area contributed by atoms with Crippen molar-refractivity contribution in [2.45, 2.75) is 6.04 Å². The molecule has 0 saturated carbocycles. The molecule has 3 N–H and O–H groups in total. The van der Waals surface area contributed by atoms with Gasteiger partial charge in [0.2, 0.25) is 0 Å². The van der Waals surface area contributed by atoms with Crippen LogP contribution in [0.25, 0.3) is 0 Å². The zero-order chi connectivity index (χ0) is 15.4. The van der Waals surface area contributed by atoms with Crippen molar-refractivity contribution in [3.8, 4) is 5.75 Å². The van der Waals surface area contributed by atoms with Gasteiger partial charge >= 0.3 is 0 Å². The molecule has 1 unspecified atom stereocenters. The Morgan fingerprint density at radius 1 is 1.19 bits per heavy atom. The van der Waals surface area contributed by atoms with Crippen LogP contribution in [0.3, 0.4) is 0 Å². The van der Waals surface area contributed by atoms with Crippen molar-refractivity contribution >= 4 is 21.6 Å². The number of anilines is 1. The molecule has 0 aliphatic heterocycles. The summed E-state index contributed by atoms with van der Waals surface area (Å²) in [7, 11) is 1.41. The highest BCUT2D eigenvalue weighted by atomic mass is 79.9. The zero-order valence-corrected chi connectivity index (χ0v) is 13.0. The molecule has 0 fully saturated rings. The van der Waals surface area contributed by atoms with E-state index in [4.69, 9.17) is 10.5 Å². The van der Waals surface area contributed by atoms with Gasteiger partial charge < -0.3 is 15.8 Å². The van der Waals surface area contributed by atoms with E-state index < -0.39 is 5.82 Å². The molecular formula is C15H15BrF2N2O. The minimum Gasteiger partial charge on any atom is -0.494 e. The van der Waals surface area contributed by atoms with Crippen LogP contribution >= 0.6 is 15.9 Å². The fourth-order valence-corrected chi connectivity index (χ4v) is 2.34. The molecule has 2 aromatic carbocycles. The number of hydrogen-bond acceptors (Lipinski definition) is 3. The van der Waals surface area contributed by atoms with Crippen LogP contribution in [0, 0.1) is 11.6 Å². The standard InChI is InChI=1S/C15H15BrF2N2O/c1-21-15-5-2-9(6-13(15)18)14(8-19)20-10-3-4-12(17)11(16)7-10/h2-7,14,20H,8,19H2,1H3. The first kappa shape index (κ1) is 15.7. The third-order valence-electron chi connectivity index (χ3n) is 3.07. The second-order valence-corrected chi connectivity index (χ2v) is 5.31. The Morgan fingerprint density at radius 3 is 2.52 bits per heavy atom. The minimum atomic E-state index is -0.449. The van der Waals surface area contributed by atoms with Gasteiger partial charge in [-0.3, -0.25) is 0 Å². The lowest BCUT2D eigenvalue weighted by atomic mass is 10.1. The predicted octanol–water partition coefficient (Wildman–Crippen LogP) is 3.85. The van der Waals surface area contributed by atoms with Crippen molar-refractivity contribution in [3.63, 3.8) is 0 Å². The first-order chi connectivity index (χ1) is 10.0. The third-order valence-corrected chi connectivity index (χ3v) is 3.68. The molecule has 0 saturated heterocycles. The molecule has 0 bridgehead atoms. The average Bonchev–Trinajstić information content (AvgIpc) is 2.48. The number of rotatable bonds is 5. The van der Waals surface area contributed by atoms with Gasteiger partial charge in [-0.2, -0.15) is 0 Å². The summed E-state index contributed by atoms with van der Waals surface area (Å²) in [4.78, 5) is 0. The number of hydrogen-bond donors (Lipinski definition) is 2. The van der Waals surface area contributed by atoms with Crippen molar-refractivity contribution in [1.82, 2.24) is 0 Å². The second kappa shape index (κ2) is 6.87. The summed E-state index contributed by atoms with van der Waals surface area (Å²) in [5.41, 5.74) is 7.12. The fraction of sp³-hybridized carbons (Fsp3) is 0.200. The number of halogens is 3. The SMILES string of the molecule is COc1ccc(C(CN)Nc2ccc(F)c(Br)c2)cc1F. The maximum atomic E-state index is 13.8. The Kier molecular flexibility index (Phi) is 5.14. The van der Waals surface area contributed by atoms with Gasteiger partial charge in [-0.05, 0) is 51.8 Å². The normalized spacial score (nSPS) is 12.0. The largest absolute Gasteiger partial charge is 0.494 e. The maximum Gasteiger partial charge on any atom is 0.165 e. The summed E-state index contributed by atoms with van der Waals surface area (Å²) in [6.45, 7) is 0.265. The van der Waals surface area contributed by atoms with Gasteiger partial charge in [-0.15, -0.1) is 0 Å². The number of benzene rings is 2. The minimum absolute atomic E-state index is 0.180. The Balaban J connectivity index is 2.23. The van der Waals surface area contributed by atoms with E-state index in [2.05, 4.69) is 21.2 Å². The van der Waals surface area contributed by atoms with Gasteiger partial charge in [-0.25, -0.2) is 8.78 Å². The van der Waals surface area contributed by atoms with Crippen molar-refractivity contribution in [1.29, 1.82) is 0 Å². The Bertz CT molecular complexity index is 637. The Hall–Kier alpha value is -1.66. The molecule has 2 aromatic rings. The maximum absolute atomic E-state index is 13.8. The van der Waals surface area contributed by atoms with Crippen molar-refractivity contribution in [2.24, 2.45) is 5.73 Å². The summed E-state index contributed by atoms with van der Waals surface area (Å²) in [6, 6.07) is 8.93. The van der Waals surface area contributed by atoms with Crippen LogP contribution in [0.5, 0.6) is 5.75 Å². The van der Waals surface area contributed by atoms with E-state index in [-0.39, 0.29) is 24.2 Å². The molecular weight excluding hydrogens is 342 g/mol. The molecule has 0 radical (unpaired) electrons. The molecule has 0 spiro atoms. The lowest BCUT2D eigenvalue weighted by molar-refractivity contribution is 0.386. The number of methoxy groups -OCH3 is 1. The summed E-state index contributed by atoms with van der Waals surface area (Å²) in [6.07, 6.45) is 0. The molecule has 2 rings (SSSR count). The molecule has 0 heterocycles. The highest BCUT2D eigenvalue weighted by Gasteiger charge is 2.13. The van der Waals surface area contributed by atoms with Gasteiger partial charge in [0.05, 0.1) is 17.6 Å². The van der Waals surface area contributed by atoms with Gasteiger partial charge in [0.15, 0.2) is 11.6 Å². The molecule has 0 aliphatic rings. The van der Waals surface area contributed by atoms with Crippen LogP contribution in [-0.4, -0.2) is 13.7 Å². The van der Waals surface area contributed by atoms with Crippen LogP contribution in [-0.2, 0) is 0 Å². The Morgan fingerprint density at radius 2 is 1.95 bits per heavy atom. The summed E-state index contributed by atoms with van der Waals surface area (Å²) >= 11 is 3.12. The topological polar surface area (TPSA) is 47.3 Å². The Labute approximate surface area is 130 Å². The van der Waals surface area contributed by atoms with Gasteiger partial charge in [0, 0.05) is 12.2 Å². The van der Waals surface area contributed by atoms with Gasteiger partial charge in [0.1, 0.15) is 5.82 Å². The molecule has 6 heteroatoms. The highest BCUT2D eigenvalue weighted by Crippen LogP contribution is 2.26. The van der Waals surface area contributed by atoms with Crippen molar-refractivity contribution in [3.05, 3.63) is 58.1 Å². The number of ether oxygens (including phenoxy) is 1. The molecule has 0 aromatic heterocycles. The van der Waals surface area contributed by atoms with Crippen LogP contribution in [0.1, 0.15) is 11.6 Å². The van der Waals surface area contributed by atoms with Crippen LogP contribution in [0.2, 0.25) is 0 Å². The molecule has 21 heavy (non-hydrogen) atoms. The molecule has 0 amide bonds.